The van der Waals surface area contributed by atoms with E-state index in [1.807, 2.05) is 69.3 Å². The zero-order chi connectivity index (χ0) is 23.5. The van der Waals surface area contributed by atoms with Crippen molar-refractivity contribution in [2.75, 3.05) is 5.75 Å². The number of nitrogens with one attached hydrogen (secondary N) is 1. The molecular formula is C25H32Cl2N2O2S. The van der Waals surface area contributed by atoms with Gasteiger partial charge in [-0.2, -0.15) is 0 Å². The zero-order valence-corrected chi connectivity index (χ0v) is 21.3. The average Bonchev–Trinajstić information content (AvgIpc) is 2.78. The molecule has 0 saturated carbocycles. The quantitative estimate of drug-likeness (QED) is 0.267. The Hall–Kier alpha value is -1.69. The van der Waals surface area contributed by atoms with Gasteiger partial charge in [0.2, 0.25) is 11.8 Å². The van der Waals surface area contributed by atoms with Gasteiger partial charge in [-0.05, 0) is 67.8 Å². The van der Waals surface area contributed by atoms with Gasteiger partial charge in [0.1, 0.15) is 6.04 Å². The van der Waals surface area contributed by atoms with E-state index in [0.29, 0.717) is 35.9 Å². The molecule has 0 aromatic heterocycles. The molecule has 0 radical (unpaired) electrons. The first kappa shape index (κ1) is 26.6. The Morgan fingerprint density at radius 3 is 2.34 bits per heavy atom. The number of thioether (sulfide) groups is 1. The van der Waals surface area contributed by atoms with Crippen LogP contribution in [0.3, 0.4) is 0 Å². The lowest BCUT2D eigenvalue weighted by Gasteiger charge is -2.31. The third-order valence-electron chi connectivity index (χ3n) is 5.30. The Balaban J connectivity index is 2.07. The first-order chi connectivity index (χ1) is 15.3. The second-order valence-electron chi connectivity index (χ2n) is 7.76. The summed E-state index contributed by atoms with van der Waals surface area (Å²) in [6.07, 6.45) is 2.47. The van der Waals surface area contributed by atoms with Crippen molar-refractivity contribution in [2.45, 2.75) is 70.0 Å². The Bertz CT molecular complexity index is 877. The SMILES string of the molecule is CC[C@H](C)NC(=O)[C@H](CC)N(Cc1ccccc1Cl)C(=O)CCCSc1ccc(Cl)cc1. The van der Waals surface area contributed by atoms with E-state index in [1.165, 1.54) is 0 Å². The predicted molar refractivity (Wildman–Crippen MR) is 135 cm³/mol. The Kier molecular flexibility index (Phi) is 11.4. The molecule has 7 heteroatoms. The number of nitrogens with zero attached hydrogens (tertiary/aromatic N) is 1. The fourth-order valence-corrected chi connectivity index (χ4v) is 4.43. The molecule has 0 spiro atoms. The van der Waals surface area contributed by atoms with Gasteiger partial charge in [-0.25, -0.2) is 0 Å². The van der Waals surface area contributed by atoms with E-state index in [1.54, 1.807) is 16.7 Å². The normalized spacial score (nSPS) is 12.8. The van der Waals surface area contributed by atoms with E-state index in [0.717, 1.165) is 22.6 Å². The fraction of sp³-hybridized carbons (Fsp3) is 0.440. The summed E-state index contributed by atoms with van der Waals surface area (Å²) in [4.78, 5) is 29.0. The third kappa shape index (κ3) is 8.34. The molecule has 0 heterocycles. The molecule has 0 saturated heterocycles. The van der Waals surface area contributed by atoms with Gasteiger partial charge in [0, 0.05) is 33.9 Å². The van der Waals surface area contributed by atoms with Crippen LogP contribution in [0.15, 0.2) is 53.4 Å². The number of amides is 2. The van der Waals surface area contributed by atoms with E-state index in [4.69, 9.17) is 23.2 Å². The zero-order valence-electron chi connectivity index (χ0n) is 18.9. The van der Waals surface area contributed by atoms with E-state index >= 15 is 0 Å². The van der Waals surface area contributed by atoms with Gasteiger partial charge in [-0.15, -0.1) is 11.8 Å². The lowest BCUT2D eigenvalue weighted by molar-refractivity contribution is -0.141. The largest absolute Gasteiger partial charge is 0.352 e. The van der Waals surface area contributed by atoms with Crippen molar-refractivity contribution in [3.63, 3.8) is 0 Å². The number of hydrogen-bond donors (Lipinski definition) is 1. The molecule has 2 rings (SSSR count). The minimum Gasteiger partial charge on any atom is -0.352 e. The van der Waals surface area contributed by atoms with Gasteiger partial charge in [0.15, 0.2) is 0 Å². The third-order valence-corrected chi connectivity index (χ3v) is 7.02. The summed E-state index contributed by atoms with van der Waals surface area (Å²) in [6, 6.07) is 14.7. The van der Waals surface area contributed by atoms with Crippen molar-refractivity contribution < 1.29 is 9.59 Å². The first-order valence-electron chi connectivity index (χ1n) is 11.1. The average molecular weight is 496 g/mol. The van der Waals surface area contributed by atoms with E-state index < -0.39 is 6.04 Å². The van der Waals surface area contributed by atoms with Crippen molar-refractivity contribution in [1.29, 1.82) is 0 Å². The molecule has 0 aliphatic carbocycles. The maximum Gasteiger partial charge on any atom is 0.243 e. The molecule has 2 aromatic carbocycles. The molecule has 174 valence electrons. The molecule has 2 amide bonds. The number of rotatable bonds is 12. The highest BCUT2D eigenvalue weighted by Crippen LogP contribution is 2.23. The smallest absolute Gasteiger partial charge is 0.243 e. The molecule has 0 aliphatic heterocycles. The van der Waals surface area contributed by atoms with Crippen LogP contribution in [0.2, 0.25) is 10.0 Å². The van der Waals surface area contributed by atoms with Gasteiger partial charge in [-0.1, -0.05) is 55.2 Å². The van der Waals surface area contributed by atoms with Crippen molar-refractivity contribution in [3.05, 3.63) is 64.1 Å². The van der Waals surface area contributed by atoms with Crippen LogP contribution in [0.5, 0.6) is 0 Å². The molecule has 0 aliphatic rings. The summed E-state index contributed by atoms with van der Waals surface area (Å²) in [6.45, 7) is 6.25. The minimum absolute atomic E-state index is 0.0345. The summed E-state index contributed by atoms with van der Waals surface area (Å²) in [7, 11) is 0. The number of carbonyl (C=O) groups is 2. The van der Waals surface area contributed by atoms with Crippen LogP contribution in [0.1, 0.15) is 52.0 Å². The van der Waals surface area contributed by atoms with Gasteiger partial charge in [0.05, 0.1) is 0 Å². The number of hydrogen-bond acceptors (Lipinski definition) is 3. The summed E-state index contributed by atoms with van der Waals surface area (Å²) in [5, 5.41) is 4.34. The molecule has 0 unspecified atom stereocenters. The number of benzene rings is 2. The molecule has 0 fully saturated rings. The lowest BCUT2D eigenvalue weighted by atomic mass is 10.1. The molecule has 4 nitrogen and oxygen atoms in total. The summed E-state index contributed by atoms with van der Waals surface area (Å²) >= 11 is 14.0. The van der Waals surface area contributed by atoms with E-state index in [9.17, 15) is 9.59 Å². The summed E-state index contributed by atoms with van der Waals surface area (Å²) < 4.78 is 0. The second kappa shape index (κ2) is 13.8. The minimum atomic E-state index is -0.531. The van der Waals surface area contributed by atoms with Crippen LogP contribution in [-0.2, 0) is 16.1 Å². The van der Waals surface area contributed by atoms with Crippen LogP contribution in [0.25, 0.3) is 0 Å². The second-order valence-corrected chi connectivity index (χ2v) is 9.77. The van der Waals surface area contributed by atoms with Crippen molar-refractivity contribution >= 4 is 46.8 Å². The standard InChI is InChI=1S/C25H32Cl2N2O2S/c1-4-18(3)28-25(31)23(5-2)29(17-19-9-6-7-10-22(19)27)24(30)11-8-16-32-21-14-12-20(26)13-15-21/h6-7,9-10,12-15,18,23H,4-5,8,11,16-17H2,1-3H3,(H,28,31)/t18-,23-/m0/s1. The molecule has 2 atom stereocenters. The van der Waals surface area contributed by atoms with Gasteiger partial charge in [0.25, 0.3) is 0 Å². The highest BCUT2D eigenvalue weighted by molar-refractivity contribution is 7.99. The van der Waals surface area contributed by atoms with Crippen LogP contribution < -0.4 is 5.32 Å². The summed E-state index contributed by atoms with van der Waals surface area (Å²) in [5.74, 6) is 0.661. The molecule has 1 N–H and O–H groups in total. The van der Waals surface area contributed by atoms with Crippen molar-refractivity contribution in [3.8, 4) is 0 Å². The van der Waals surface area contributed by atoms with Crippen LogP contribution >= 0.6 is 35.0 Å². The van der Waals surface area contributed by atoms with Gasteiger partial charge < -0.3 is 10.2 Å². The molecule has 32 heavy (non-hydrogen) atoms. The predicted octanol–water partition coefficient (Wildman–Crippen LogP) is 6.59. The number of carbonyl (C=O) groups excluding carboxylic acids is 2. The van der Waals surface area contributed by atoms with Crippen molar-refractivity contribution in [1.82, 2.24) is 10.2 Å². The fourth-order valence-electron chi connectivity index (χ4n) is 3.26. The lowest BCUT2D eigenvalue weighted by Crippen LogP contribution is -2.50. The van der Waals surface area contributed by atoms with Crippen LogP contribution in [0.4, 0.5) is 0 Å². The molecule has 0 bridgehead atoms. The summed E-state index contributed by atoms with van der Waals surface area (Å²) in [5.41, 5.74) is 0.841. The Morgan fingerprint density at radius 1 is 1.03 bits per heavy atom. The molecule has 2 aromatic rings. The Morgan fingerprint density at radius 2 is 1.72 bits per heavy atom. The van der Waals surface area contributed by atoms with Crippen LogP contribution in [0, 0.1) is 0 Å². The highest BCUT2D eigenvalue weighted by Gasteiger charge is 2.29. The highest BCUT2D eigenvalue weighted by atomic mass is 35.5. The Labute approximate surface area is 206 Å². The van der Waals surface area contributed by atoms with Crippen molar-refractivity contribution in [2.24, 2.45) is 0 Å². The van der Waals surface area contributed by atoms with Crippen LogP contribution in [-0.4, -0.2) is 34.6 Å². The maximum atomic E-state index is 13.3. The van der Waals surface area contributed by atoms with E-state index in [-0.39, 0.29) is 17.9 Å². The molecular weight excluding hydrogens is 463 g/mol. The van der Waals surface area contributed by atoms with E-state index in [2.05, 4.69) is 5.32 Å². The monoisotopic (exact) mass is 494 g/mol. The topological polar surface area (TPSA) is 49.4 Å². The number of halogens is 2. The maximum absolute atomic E-state index is 13.3. The van der Waals surface area contributed by atoms with Gasteiger partial charge >= 0.3 is 0 Å². The first-order valence-corrected chi connectivity index (χ1v) is 12.8. The van der Waals surface area contributed by atoms with Gasteiger partial charge in [-0.3, -0.25) is 9.59 Å².